The van der Waals surface area contributed by atoms with Gasteiger partial charge in [0.25, 0.3) is 0 Å². The van der Waals surface area contributed by atoms with Crippen molar-refractivity contribution in [2.24, 2.45) is 0 Å². The molecule has 0 saturated heterocycles. The lowest BCUT2D eigenvalue weighted by Gasteiger charge is -2.06. The molecule has 0 bridgehead atoms. The highest BCUT2D eigenvalue weighted by Crippen LogP contribution is 2.13. The lowest BCUT2D eigenvalue weighted by atomic mass is 10.0. The van der Waals surface area contributed by atoms with E-state index in [-0.39, 0.29) is 5.78 Å². The maximum Gasteiger partial charge on any atom is 0.165 e. The molecule has 1 aromatic heterocycles. The van der Waals surface area contributed by atoms with E-state index in [1.807, 2.05) is 26.8 Å². The van der Waals surface area contributed by atoms with Crippen molar-refractivity contribution in [1.82, 2.24) is 10.2 Å². The summed E-state index contributed by atoms with van der Waals surface area (Å²) in [7, 11) is 0. The van der Waals surface area contributed by atoms with E-state index >= 15 is 0 Å². The maximum absolute atomic E-state index is 12.0. The Morgan fingerprint density at radius 2 is 2.06 bits per heavy atom. The second kappa shape index (κ2) is 5.54. The number of carbonyl (C=O) groups excluding carboxylic acids is 1. The molecule has 0 aliphatic carbocycles. The van der Waals surface area contributed by atoms with Crippen molar-refractivity contribution in [3.63, 3.8) is 0 Å². The van der Waals surface area contributed by atoms with Crippen LogP contribution in [0, 0.1) is 6.92 Å². The number of Topliss-reactive ketones (excluding diaryl/α,β-unsaturated/α-hetero) is 1. The highest BCUT2D eigenvalue weighted by molar-refractivity contribution is 5.97. The molecule has 0 spiro atoms. The van der Waals surface area contributed by atoms with E-state index in [1.165, 1.54) is 0 Å². The molecule has 0 N–H and O–H groups in total. The molecule has 0 unspecified atom stereocenters. The Bertz CT molecular complexity index is 410. The van der Waals surface area contributed by atoms with Gasteiger partial charge < -0.3 is 0 Å². The van der Waals surface area contributed by atoms with Gasteiger partial charge in [0, 0.05) is 12.0 Å². The Morgan fingerprint density at radius 1 is 1.38 bits per heavy atom. The summed E-state index contributed by atoms with van der Waals surface area (Å²) in [6.07, 6.45) is 1.98. The third-order valence-electron chi connectivity index (χ3n) is 2.41. The average molecular weight is 218 g/mol. The van der Waals surface area contributed by atoms with Crippen LogP contribution in [0.25, 0.3) is 0 Å². The van der Waals surface area contributed by atoms with Crippen LogP contribution in [0.1, 0.15) is 48.4 Å². The summed E-state index contributed by atoms with van der Waals surface area (Å²) in [5.41, 5.74) is 3.33. The van der Waals surface area contributed by atoms with Gasteiger partial charge >= 0.3 is 0 Å². The van der Waals surface area contributed by atoms with Gasteiger partial charge in [-0.3, -0.25) is 4.79 Å². The molecule has 0 saturated carbocycles. The monoisotopic (exact) mass is 218 g/mol. The Hall–Kier alpha value is -1.51. The van der Waals surface area contributed by atoms with Crippen LogP contribution in [0.5, 0.6) is 0 Å². The first-order valence-corrected chi connectivity index (χ1v) is 5.55. The van der Waals surface area contributed by atoms with E-state index in [9.17, 15) is 4.79 Å². The molecule has 0 aliphatic heterocycles. The molecular weight excluding hydrogens is 200 g/mol. The summed E-state index contributed by atoms with van der Waals surface area (Å²) in [4.78, 5) is 12.0. The molecule has 1 rings (SSSR count). The van der Waals surface area contributed by atoms with Crippen LogP contribution in [-0.4, -0.2) is 16.0 Å². The SMILES string of the molecule is C=C(C)CCC(=O)c1cc(C)nnc1CC. The van der Waals surface area contributed by atoms with Crippen molar-refractivity contribution in [3.8, 4) is 0 Å². The summed E-state index contributed by atoms with van der Waals surface area (Å²) in [6.45, 7) is 9.57. The van der Waals surface area contributed by atoms with Crippen molar-refractivity contribution >= 4 is 5.78 Å². The van der Waals surface area contributed by atoms with Crippen LogP contribution in [0.2, 0.25) is 0 Å². The summed E-state index contributed by atoms with van der Waals surface area (Å²) in [5, 5.41) is 8.02. The highest BCUT2D eigenvalue weighted by Gasteiger charge is 2.12. The van der Waals surface area contributed by atoms with Gasteiger partial charge in [0.1, 0.15) is 0 Å². The van der Waals surface area contributed by atoms with Crippen LogP contribution in [0.15, 0.2) is 18.2 Å². The fourth-order valence-corrected chi connectivity index (χ4v) is 1.48. The first kappa shape index (κ1) is 12.6. The quantitative estimate of drug-likeness (QED) is 0.563. The number of ketones is 1. The van der Waals surface area contributed by atoms with Crippen LogP contribution in [-0.2, 0) is 6.42 Å². The Morgan fingerprint density at radius 3 is 2.62 bits per heavy atom. The number of hydrogen-bond acceptors (Lipinski definition) is 3. The Labute approximate surface area is 96.6 Å². The highest BCUT2D eigenvalue weighted by atomic mass is 16.1. The largest absolute Gasteiger partial charge is 0.294 e. The minimum Gasteiger partial charge on any atom is -0.294 e. The van der Waals surface area contributed by atoms with Crippen molar-refractivity contribution in [1.29, 1.82) is 0 Å². The molecular formula is C13H18N2O. The average Bonchev–Trinajstić information content (AvgIpc) is 2.25. The summed E-state index contributed by atoms with van der Waals surface area (Å²) in [6, 6.07) is 1.83. The van der Waals surface area contributed by atoms with Gasteiger partial charge in [0.15, 0.2) is 5.78 Å². The number of hydrogen-bond donors (Lipinski definition) is 0. The Balaban J connectivity index is 2.88. The first-order chi connectivity index (χ1) is 7.54. The molecule has 1 heterocycles. The minimum absolute atomic E-state index is 0.137. The zero-order chi connectivity index (χ0) is 12.1. The lowest BCUT2D eigenvalue weighted by molar-refractivity contribution is 0.0981. The van der Waals surface area contributed by atoms with Gasteiger partial charge in [-0.2, -0.15) is 10.2 Å². The van der Waals surface area contributed by atoms with Gasteiger partial charge in [-0.15, -0.1) is 6.58 Å². The van der Waals surface area contributed by atoms with Crippen LogP contribution in [0.3, 0.4) is 0 Å². The zero-order valence-electron chi connectivity index (χ0n) is 10.2. The number of rotatable bonds is 5. The number of aromatic nitrogens is 2. The van der Waals surface area contributed by atoms with Gasteiger partial charge in [0.2, 0.25) is 0 Å². The van der Waals surface area contributed by atoms with E-state index in [4.69, 9.17) is 0 Å². The normalized spacial score (nSPS) is 10.2. The molecule has 0 amide bonds. The van der Waals surface area contributed by atoms with Crippen LogP contribution >= 0.6 is 0 Å². The molecule has 0 fully saturated rings. The van der Waals surface area contributed by atoms with Crippen molar-refractivity contribution in [2.45, 2.75) is 40.0 Å². The standard InChI is InChI=1S/C13H18N2O/c1-5-12-11(8-10(4)14-15-12)13(16)7-6-9(2)3/h8H,2,5-7H2,1,3-4H3. The van der Waals surface area contributed by atoms with E-state index in [0.29, 0.717) is 6.42 Å². The third-order valence-corrected chi connectivity index (χ3v) is 2.41. The topological polar surface area (TPSA) is 42.9 Å². The zero-order valence-corrected chi connectivity index (χ0v) is 10.2. The number of carbonyl (C=O) groups is 1. The molecule has 86 valence electrons. The second-order valence-corrected chi connectivity index (χ2v) is 4.08. The van der Waals surface area contributed by atoms with Crippen LogP contribution < -0.4 is 0 Å². The molecule has 3 nitrogen and oxygen atoms in total. The maximum atomic E-state index is 12.0. The van der Waals surface area contributed by atoms with Gasteiger partial charge in [-0.1, -0.05) is 12.5 Å². The summed E-state index contributed by atoms with van der Waals surface area (Å²) >= 11 is 0. The molecule has 0 radical (unpaired) electrons. The molecule has 1 aromatic rings. The third kappa shape index (κ3) is 3.26. The molecule has 16 heavy (non-hydrogen) atoms. The summed E-state index contributed by atoms with van der Waals surface area (Å²) in [5.74, 6) is 0.137. The summed E-state index contributed by atoms with van der Waals surface area (Å²) < 4.78 is 0. The fraction of sp³-hybridized carbons (Fsp3) is 0.462. The Kier molecular flexibility index (Phi) is 4.35. The molecule has 0 atom stereocenters. The van der Waals surface area contributed by atoms with E-state index in [0.717, 1.165) is 35.4 Å². The minimum atomic E-state index is 0.137. The van der Waals surface area contributed by atoms with Gasteiger partial charge in [0.05, 0.1) is 11.4 Å². The predicted octanol–water partition coefficient (Wildman–Crippen LogP) is 2.89. The molecule has 3 heteroatoms. The lowest BCUT2D eigenvalue weighted by Crippen LogP contribution is -2.07. The number of allylic oxidation sites excluding steroid dienone is 1. The predicted molar refractivity (Wildman–Crippen MR) is 64.5 cm³/mol. The van der Waals surface area contributed by atoms with E-state index < -0.39 is 0 Å². The fourth-order valence-electron chi connectivity index (χ4n) is 1.48. The number of aryl methyl sites for hydroxylation is 2. The van der Waals surface area contributed by atoms with Crippen molar-refractivity contribution in [3.05, 3.63) is 35.2 Å². The van der Waals surface area contributed by atoms with Crippen LogP contribution in [0.4, 0.5) is 0 Å². The van der Waals surface area contributed by atoms with E-state index in [1.54, 1.807) is 0 Å². The first-order valence-electron chi connectivity index (χ1n) is 5.55. The van der Waals surface area contributed by atoms with Crippen molar-refractivity contribution in [2.75, 3.05) is 0 Å². The van der Waals surface area contributed by atoms with Gasteiger partial charge in [-0.25, -0.2) is 0 Å². The second-order valence-electron chi connectivity index (χ2n) is 4.08. The molecule has 0 aliphatic rings. The smallest absolute Gasteiger partial charge is 0.165 e. The van der Waals surface area contributed by atoms with Gasteiger partial charge in [-0.05, 0) is 32.8 Å². The van der Waals surface area contributed by atoms with E-state index in [2.05, 4.69) is 16.8 Å². The number of nitrogens with zero attached hydrogens (tertiary/aromatic N) is 2. The van der Waals surface area contributed by atoms with Crippen molar-refractivity contribution < 1.29 is 4.79 Å². The molecule has 0 aromatic carbocycles.